The fraction of sp³-hybridized carbons (Fsp3) is 0.500. The van der Waals surface area contributed by atoms with Gasteiger partial charge in [-0.2, -0.15) is 0 Å². The van der Waals surface area contributed by atoms with Crippen LogP contribution in [-0.4, -0.2) is 25.5 Å². The molecule has 0 saturated carbocycles. The van der Waals surface area contributed by atoms with Crippen molar-refractivity contribution < 1.29 is 0 Å². The third-order valence-corrected chi connectivity index (χ3v) is 2.41. The van der Waals surface area contributed by atoms with E-state index in [1.54, 1.807) is 0 Å². The highest BCUT2D eigenvalue weighted by atomic mass is 15.0. The molecule has 0 aromatic heterocycles. The van der Waals surface area contributed by atoms with Gasteiger partial charge in [0.15, 0.2) is 0 Å². The van der Waals surface area contributed by atoms with Crippen molar-refractivity contribution in [3.8, 4) is 0 Å². The second kappa shape index (κ2) is 5.01. The Hall–Kier alpha value is -1.02. The van der Waals surface area contributed by atoms with Crippen molar-refractivity contribution in [2.75, 3.05) is 26.4 Å². The maximum Gasteiger partial charge on any atom is 0.0346 e. The predicted octanol–water partition coefficient (Wildman–Crippen LogP) is 2.07. The van der Waals surface area contributed by atoms with Gasteiger partial charge < -0.3 is 10.6 Å². The van der Waals surface area contributed by atoms with Crippen LogP contribution in [0.1, 0.15) is 17.5 Å². The van der Waals surface area contributed by atoms with Crippen LogP contribution >= 0.6 is 0 Å². The van der Waals surface area contributed by atoms with E-state index < -0.39 is 0 Å². The Morgan fingerprint density at radius 2 is 2.00 bits per heavy atom. The summed E-state index contributed by atoms with van der Waals surface area (Å²) < 4.78 is 0. The van der Waals surface area contributed by atoms with Gasteiger partial charge in [0.05, 0.1) is 0 Å². The number of nitrogens with zero attached hydrogens (tertiary/aromatic N) is 1. The molecule has 78 valence electrons. The van der Waals surface area contributed by atoms with E-state index in [0.717, 1.165) is 18.7 Å². The summed E-state index contributed by atoms with van der Waals surface area (Å²) in [5.74, 6) is 0. The van der Waals surface area contributed by atoms with E-state index in [1.807, 2.05) is 6.92 Å². The Kier molecular flexibility index (Phi) is 3.96. The summed E-state index contributed by atoms with van der Waals surface area (Å²) >= 11 is 0. The number of nitrogen functional groups attached to an aromatic ring is 1. The minimum absolute atomic E-state index is 0.910. The molecule has 0 saturated heterocycles. The molecule has 0 amide bonds. The average Bonchev–Trinajstić information content (AvgIpc) is 2.10. The molecule has 0 heterocycles. The highest BCUT2D eigenvalue weighted by Crippen LogP contribution is 2.14. The lowest BCUT2D eigenvalue weighted by atomic mass is 10.1. The lowest BCUT2D eigenvalue weighted by molar-refractivity contribution is 0.400. The molecular formula is C12H20N2. The van der Waals surface area contributed by atoms with Crippen LogP contribution in [0.5, 0.6) is 0 Å². The van der Waals surface area contributed by atoms with E-state index in [4.69, 9.17) is 5.73 Å². The number of anilines is 1. The molecule has 0 radical (unpaired) electrons. The third-order valence-electron chi connectivity index (χ3n) is 2.41. The molecule has 1 aromatic carbocycles. The molecule has 0 aliphatic heterocycles. The predicted molar refractivity (Wildman–Crippen MR) is 62.5 cm³/mol. The Morgan fingerprint density at radius 1 is 1.29 bits per heavy atom. The number of aryl methyl sites for hydroxylation is 2. The molecule has 0 bridgehead atoms. The molecule has 2 N–H and O–H groups in total. The van der Waals surface area contributed by atoms with Crippen LogP contribution in [0.2, 0.25) is 0 Å². The minimum Gasteiger partial charge on any atom is -0.399 e. The monoisotopic (exact) mass is 192 g/mol. The zero-order valence-electron chi connectivity index (χ0n) is 9.38. The molecular weight excluding hydrogens is 172 g/mol. The standard InChI is InChI=1S/C12H20N2/c1-10-6-7-11(9-12(10)13)5-4-8-14(2)3/h6-7,9H,4-5,8,13H2,1-3H3. The first-order valence-electron chi connectivity index (χ1n) is 5.09. The highest BCUT2D eigenvalue weighted by molar-refractivity contribution is 5.48. The summed E-state index contributed by atoms with van der Waals surface area (Å²) in [6.45, 7) is 3.17. The molecule has 0 spiro atoms. The van der Waals surface area contributed by atoms with Crippen molar-refractivity contribution in [1.29, 1.82) is 0 Å². The van der Waals surface area contributed by atoms with E-state index in [0.29, 0.717) is 0 Å². The highest BCUT2D eigenvalue weighted by Gasteiger charge is 1.97. The first-order chi connectivity index (χ1) is 6.59. The van der Waals surface area contributed by atoms with Crippen LogP contribution in [0, 0.1) is 6.92 Å². The van der Waals surface area contributed by atoms with Crippen LogP contribution < -0.4 is 5.73 Å². The van der Waals surface area contributed by atoms with Crippen molar-refractivity contribution in [2.24, 2.45) is 0 Å². The molecule has 0 aliphatic carbocycles. The van der Waals surface area contributed by atoms with Crippen molar-refractivity contribution in [2.45, 2.75) is 19.8 Å². The van der Waals surface area contributed by atoms with Crippen LogP contribution in [0.4, 0.5) is 5.69 Å². The van der Waals surface area contributed by atoms with E-state index in [9.17, 15) is 0 Å². The molecule has 14 heavy (non-hydrogen) atoms. The van der Waals surface area contributed by atoms with Crippen LogP contribution in [-0.2, 0) is 6.42 Å². The second-order valence-electron chi connectivity index (χ2n) is 4.10. The van der Waals surface area contributed by atoms with E-state index in [1.165, 1.54) is 17.5 Å². The number of hydrogen-bond acceptors (Lipinski definition) is 2. The topological polar surface area (TPSA) is 29.3 Å². The molecule has 2 nitrogen and oxygen atoms in total. The third kappa shape index (κ3) is 3.38. The van der Waals surface area contributed by atoms with Crippen molar-refractivity contribution in [3.63, 3.8) is 0 Å². The molecule has 2 heteroatoms. The van der Waals surface area contributed by atoms with Gasteiger partial charge in [-0.25, -0.2) is 0 Å². The van der Waals surface area contributed by atoms with E-state index in [2.05, 4.69) is 37.2 Å². The summed E-state index contributed by atoms with van der Waals surface area (Å²) in [5, 5.41) is 0. The van der Waals surface area contributed by atoms with Gasteiger partial charge in [-0.3, -0.25) is 0 Å². The number of nitrogens with two attached hydrogens (primary N) is 1. The Morgan fingerprint density at radius 3 is 2.57 bits per heavy atom. The lowest BCUT2D eigenvalue weighted by Gasteiger charge is -2.09. The zero-order valence-corrected chi connectivity index (χ0v) is 9.38. The maximum absolute atomic E-state index is 5.84. The van der Waals surface area contributed by atoms with Gasteiger partial charge in [0.1, 0.15) is 0 Å². The van der Waals surface area contributed by atoms with Gasteiger partial charge in [-0.15, -0.1) is 0 Å². The minimum atomic E-state index is 0.910. The summed E-state index contributed by atoms with van der Waals surface area (Å²) in [6.07, 6.45) is 2.30. The van der Waals surface area contributed by atoms with Gasteiger partial charge in [-0.1, -0.05) is 12.1 Å². The summed E-state index contributed by atoms with van der Waals surface area (Å²) in [5.41, 5.74) is 9.26. The van der Waals surface area contributed by atoms with Crippen molar-refractivity contribution >= 4 is 5.69 Å². The largest absolute Gasteiger partial charge is 0.399 e. The summed E-state index contributed by atoms with van der Waals surface area (Å²) in [4.78, 5) is 2.21. The molecule has 1 aromatic rings. The lowest BCUT2D eigenvalue weighted by Crippen LogP contribution is -2.13. The summed E-state index contributed by atoms with van der Waals surface area (Å²) in [7, 11) is 4.20. The Bertz CT molecular complexity index is 292. The van der Waals surface area contributed by atoms with Crippen LogP contribution in [0.15, 0.2) is 18.2 Å². The number of rotatable bonds is 4. The fourth-order valence-corrected chi connectivity index (χ4v) is 1.44. The molecule has 0 atom stereocenters. The quantitative estimate of drug-likeness (QED) is 0.740. The van der Waals surface area contributed by atoms with Gasteiger partial charge in [0.2, 0.25) is 0 Å². The molecule has 1 rings (SSSR count). The van der Waals surface area contributed by atoms with Gasteiger partial charge >= 0.3 is 0 Å². The smallest absolute Gasteiger partial charge is 0.0346 e. The normalized spacial score (nSPS) is 10.9. The molecule has 0 fully saturated rings. The van der Waals surface area contributed by atoms with Gasteiger partial charge in [0.25, 0.3) is 0 Å². The zero-order chi connectivity index (χ0) is 10.6. The molecule has 0 aliphatic rings. The Balaban J connectivity index is 2.47. The first-order valence-corrected chi connectivity index (χ1v) is 5.09. The maximum atomic E-state index is 5.84. The SMILES string of the molecule is Cc1ccc(CCCN(C)C)cc1N. The van der Waals surface area contributed by atoms with Gasteiger partial charge in [-0.05, 0) is 57.6 Å². The van der Waals surface area contributed by atoms with E-state index >= 15 is 0 Å². The number of benzene rings is 1. The Labute approximate surface area is 86.7 Å². The van der Waals surface area contributed by atoms with Crippen molar-refractivity contribution in [1.82, 2.24) is 4.90 Å². The first kappa shape index (κ1) is 11.1. The number of hydrogen-bond donors (Lipinski definition) is 1. The molecule has 0 unspecified atom stereocenters. The van der Waals surface area contributed by atoms with E-state index in [-0.39, 0.29) is 0 Å². The average molecular weight is 192 g/mol. The van der Waals surface area contributed by atoms with Gasteiger partial charge in [0, 0.05) is 5.69 Å². The fourth-order valence-electron chi connectivity index (χ4n) is 1.44. The summed E-state index contributed by atoms with van der Waals surface area (Å²) in [6, 6.07) is 6.35. The van der Waals surface area contributed by atoms with Crippen molar-refractivity contribution in [3.05, 3.63) is 29.3 Å². The second-order valence-corrected chi connectivity index (χ2v) is 4.10. The van der Waals surface area contributed by atoms with Crippen LogP contribution in [0.25, 0.3) is 0 Å². The van der Waals surface area contributed by atoms with Crippen LogP contribution in [0.3, 0.4) is 0 Å².